The first-order valence-electron chi connectivity index (χ1n) is 19.4. The number of nitrogens with one attached hydrogen (secondary N) is 2. The van der Waals surface area contributed by atoms with Crippen LogP contribution in [-0.4, -0.2) is 162 Å². The van der Waals surface area contributed by atoms with Gasteiger partial charge in [-0.3, -0.25) is 33.6 Å². The van der Waals surface area contributed by atoms with Crippen LogP contribution < -0.4 is 15.3 Å². The Morgan fingerprint density at radius 2 is 1.14 bits per heavy atom. The fraction of sp³-hybridized carbons (Fsp3) is 0.658. The number of esters is 6. The van der Waals surface area contributed by atoms with Gasteiger partial charge >= 0.3 is 35.8 Å². The molecule has 0 aromatic heterocycles. The van der Waals surface area contributed by atoms with E-state index in [1.54, 1.807) is 0 Å². The average Bonchev–Trinajstić information content (AvgIpc) is 3.17. The zero-order chi connectivity index (χ0) is 46.9. The summed E-state index contributed by atoms with van der Waals surface area (Å²) in [6, 6.07) is 3.75. The number of para-hydroxylation sites is 2. The highest BCUT2D eigenvalue weighted by molar-refractivity contribution is 5.73. The Bertz CT molecular complexity index is 1800. The number of carbonyl (C=O) groups excluding carboxylic acids is 7. The summed E-state index contributed by atoms with van der Waals surface area (Å²) in [4.78, 5) is 87.4. The molecule has 3 aliphatic heterocycles. The highest BCUT2D eigenvalue weighted by atomic mass is 16.8. The second kappa shape index (κ2) is 22.5. The summed E-state index contributed by atoms with van der Waals surface area (Å²) in [7, 11) is 0. The monoisotopic (exact) mass is 904 g/mol. The lowest BCUT2D eigenvalue weighted by atomic mass is 9.94. The van der Waals surface area contributed by atoms with Crippen LogP contribution in [0.15, 0.2) is 24.3 Å². The summed E-state index contributed by atoms with van der Waals surface area (Å²) >= 11 is 0. The molecule has 0 saturated carbocycles. The van der Waals surface area contributed by atoms with Gasteiger partial charge in [-0.2, -0.15) is 5.23 Å². The van der Waals surface area contributed by atoms with Gasteiger partial charge in [0, 0.05) is 54.5 Å². The molecule has 3 aliphatic rings. The molecule has 1 aromatic carbocycles. The van der Waals surface area contributed by atoms with Crippen molar-refractivity contribution in [2.45, 2.75) is 147 Å². The maximum Gasteiger partial charge on any atom is 0.303 e. The molecule has 1 aromatic rings. The fourth-order valence-electron chi connectivity index (χ4n) is 7.10. The summed E-state index contributed by atoms with van der Waals surface area (Å²) in [5.74, 6) is -6.52. The predicted octanol–water partition coefficient (Wildman–Crippen LogP) is -2.49. The first-order chi connectivity index (χ1) is 29.6. The summed E-state index contributed by atoms with van der Waals surface area (Å²) in [5, 5.41) is 45.1. The van der Waals surface area contributed by atoms with Crippen molar-refractivity contribution in [2.24, 2.45) is 0 Å². The van der Waals surface area contributed by atoms with Gasteiger partial charge in [0.25, 0.3) is 0 Å². The van der Waals surface area contributed by atoms with E-state index in [1.165, 1.54) is 31.2 Å². The third-order valence-corrected chi connectivity index (χ3v) is 9.45. The van der Waals surface area contributed by atoms with Crippen molar-refractivity contribution in [1.29, 1.82) is 0 Å². The molecule has 16 atom stereocenters. The van der Waals surface area contributed by atoms with Crippen LogP contribution in [0.25, 0.3) is 0 Å². The van der Waals surface area contributed by atoms with Crippen LogP contribution in [0.4, 0.5) is 5.69 Å². The lowest BCUT2D eigenvalue weighted by molar-refractivity contribution is -0.991. The summed E-state index contributed by atoms with van der Waals surface area (Å²) in [6.45, 7) is 7.00. The number of aliphatic hydroxyl groups is 2. The van der Waals surface area contributed by atoms with E-state index in [9.17, 15) is 54.2 Å². The van der Waals surface area contributed by atoms with Gasteiger partial charge in [-0.05, 0) is 13.0 Å². The Balaban J connectivity index is 1.91. The molecule has 3 saturated heterocycles. The molecule has 0 spiro atoms. The molecular formula is C38H52N2O23. The standard InChI is InChI=1S/C38H52N2O23/c1-15-29(54-18(4)44)32(56-20(6)46)34(58-22(8)48)37(53-15)63-35-33(57-21(7)47)30(55-19(5)45)26(14-52-17(3)43)61-38(35)62-31-27(39-16(2)42)36(60-25(13-41)28(31)49)59-24-12-10-9-11-23(24)40(50)51/h9-12,15,25-38,40-41,49-50H,13-14H2,1-8H3,(H,39,42). The zero-order valence-corrected chi connectivity index (χ0v) is 35.4. The minimum atomic E-state index is -2.02. The number of rotatable bonds is 16. The van der Waals surface area contributed by atoms with Crippen LogP contribution in [0.3, 0.4) is 0 Å². The number of amides is 1. The van der Waals surface area contributed by atoms with E-state index < -0.39 is 152 Å². The number of aliphatic hydroxyl groups excluding tert-OH is 2. The lowest BCUT2D eigenvalue weighted by Crippen LogP contribution is -2.99. The number of ether oxygens (including phenoxy) is 12. The average molecular weight is 905 g/mol. The van der Waals surface area contributed by atoms with Crippen LogP contribution in [0.5, 0.6) is 5.75 Å². The van der Waals surface area contributed by atoms with Gasteiger partial charge in [-0.25, -0.2) is 5.21 Å². The van der Waals surface area contributed by atoms with Crippen molar-refractivity contribution >= 4 is 47.4 Å². The van der Waals surface area contributed by atoms with Crippen LogP contribution >= 0.6 is 0 Å². The Kier molecular flexibility index (Phi) is 18.1. The number of hydrogen-bond acceptors (Lipinski definition) is 23. The van der Waals surface area contributed by atoms with E-state index in [4.69, 9.17) is 56.8 Å². The molecule has 25 heteroatoms. The Hall–Kier alpha value is -5.09. The first kappa shape index (κ1) is 50.6. The van der Waals surface area contributed by atoms with Gasteiger partial charge in [0.05, 0.1) is 12.7 Å². The largest absolute Gasteiger partial charge is 0.595 e. The number of quaternary nitrogens is 1. The van der Waals surface area contributed by atoms with Crippen molar-refractivity contribution in [1.82, 2.24) is 5.32 Å². The molecule has 0 radical (unpaired) electrons. The van der Waals surface area contributed by atoms with Crippen LogP contribution in [0.1, 0.15) is 55.4 Å². The van der Waals surface area contributed by atoms with Gasteiger partial charge in [0.1, 0.15) is 37.1 Å². The van der Waals surface area contributed by atoms with E-state index in [0.29, 0.717) is 0 Å². The number of carbonyl (C=O) groups is 7. The Morgan fingerprint density at radius 3 is 1.68 bits per heavy atom. The van der Waals surface area contributed by atoms with Crippen LogP contribution in [-0.2, 0) is 85.7 Å². The van der Waals surface area contributed by atoms with Gasteiger partial charge in [-0.15, -0.1) is 0 Å². The van der Waals surface area contributed by atoms with E-state index in [2.05, 4.69) is 5.32 Å². The molecule has 0 aliphatic carbocycles. The minimum absolute atomic E-state index is 0.262. The molecule has 16 unspecified atom stereocenters. The third-order valence-electron chi connectivity index (χ3n) is 9.45. The van der Waals surface area contributed by atoms with Crippen molar-refractivity contribution < 1.29 is 111 Å². The van der Waals surface area contributed by atoms with Crippen molar-refractivity contribution in [3.05, 3.63) is 29.5 Å². The number of hydrogen-bond donors (Lipinski definition) is 5. The van der Waals surface area contributed by atoms with Gasteiger partial charge < -0.3 is 77.6 Å². The van der Waals surface area contributed by atoms with Crippen molar-refractivity contribution in [2.75, 3.05) is 13.2 Å². The van der Waals surface area contributed by atoms with Gasteiger partial charge in [0.15, 0.2) is 55.0 Å². The maximum absolute atomic E-state index is 12.8. The first-order valence-corrected chi connectivity index (χ1v) is 19.4. The summed E-state index contributed by atoms with van der Waals surface area (Å²) in [5.41, 5.74) is -0.336. The van der Waals surface area contributed by atoms with Crippen LogP contribution in [0, 0.1) is 5.21 Å². The molecule has 5 N–H and O–H groups in total. The lowest BCUT2D eigenvalue weighted by Gasteiger charge is -2.50. The topological polar surface area (TPSA) is 330 Å². The van der Waals surface area contributed by atoms with E-state index in [1.807, 2.05) is 0 Å². The van der Waals surface area contributed by atoms with Gasteiger partial charge in [-0.1, -0.05) is 12.1 Å². The fourth-order valence-corrected chi connectivity index (χ4v) is 7.10. The van der Waals surface area contributed by atoms with Crippen molar-refractivity contribution in [3.63, 3.8) is 0 Å². The molecule has 4 rings (SSSR count). The summed E-state index contributed by atoms with van der Waals surface area (Å²) in [6.07, 6.45) is -23.9. The summed E-state index contributed by atoms with van der Waals surface area (Å²) < 4.78 is 69.7. The molecular weight excluding hydrogens is 852 g/mol. The maximum atomic E-state index is 12.8. The van der Waals surface area contributed by atoms with E-state index >= 15 is 0 Å². The van der Waals surface area contributed by atoms with Crippen LogP contribution in [0.2, 0.25) is 0 Å². The van der Waals surface area contributed by atoms with Gasteiger partial charge in [0.2, 0.25) is 17.9 Å². The predicted molar refractivity (Wildman–Crippen MR) is 199 cm³/mol. The highest BCUT2D eigenvalue weighted by Gasteiger charge is 2.59. The molecule has 3 heterocycles. The molecule has 3 fully saturated rings. The normalized spacial score (nSPS) is 33.4. The molecule has 0 bridgehead atoms. The minimum Gasteiger partial charge on any atom is -0.595 e. The molecule has 63 heavy (non-hydrogen) atoms. The smallest absolute Gasteiger partial charge is 0.303 e. The molecule has 1 amide bonds. The quantitative estimate of drug-likeness (QED) is 0.0651. The zero-order valence-electron chi connectivity index (χ0n) is 35.4. The van der Waals surface area contributed by atoms with E-state index in [0.717, 1.165) is 48.5 Å². The Morgan fingerprint density at radius 1 is 0.651 bits per heavy atom. The Labute approximate surface area is 359 Å². The second-order valence-electron chi connectivity index (χ2n) is 14.5. The van der Waals surface area contributed by atoms with E-state index in [-0.39, 0.29) is 11.4 Å². The highest BCUT2D eigenvalue weighted by Crippen LogP contribution is 2.38. The third kappa shape index (κ3) is 13.5. The molecule has 352 valence electrons. The molecule has 25 nitrogen and oxygen atoms in total. The second-order valence-corrected chi connectivity index (χ2v) is 14.5. The SMILES string of the molecule is CC(=O)NC1C(Oc2ccccc2[NH+]([O-])O)OC(CO)C(O)C1OC1OC(COC(C)=O)C(OC(C)=O)C(OC(C)=O)C1OC1OC(C)C(OC(C)=O)C(OC(C)=O)C1OC(C)=O. The number of benzene rings is 1. The van der Waals surface area contributed by atoms with Crippen molar-refractivity contribution in [3.8, 4) is 5.75 Å².